The molecule has 1 saturated heterocycles. The fourth-order valence-electron chi connectivity index (χ4n) is 3.49. The third-order valence-corrected chi connectivity index (χ3v) is 4.85. The zero-order valence-corrected chi connectivity index (χ0v) is 14.7. The predicted molar refractivity (Wildman–Crippen MR) is 98.6 cm³/mol. The number of likely N-dealkylation sites (tertiary alicyclic amines) is 1. The van der Waals surface area contributed by atoms with Gasteiger partial charge in [0.2, 0.25) is 0 Å². The lowest BCUT2D eigenvalue weighted by Gasteiger charge is -2.23. The van der Waals surface area contributed by atoms with E-state index in [4.69, 9.17) is 0 Å². The normalized spacial score (nSPS) is 15.2. The van der Waals surface area contributed by atoms with Gasteiger partial charge in [0.15, 0.2) is 0 Å². The van der Waals surface area contributed by atoms with E-state index in [0.717, 1.165) is 23.4 Å². The van der Waals surface area contributed by atoms with Crippen molar-refractivity contribution in [3.05, 3.63) is 64.7 Å². The Balaban J connectivity index is 1.62. The molecule has 1 fully saturated rings. The van der Waals surface area contributed by atoms with Gasteiger partial charge in [0, 0.05) is 16.8 Å². The first-order valence-electron chi connectivity index (χ1n) is 8.93. The van der Waals surface area contributed by atoms with Crippen LogP contribution in [0.1, 0.15) is 46.3 Å². The Morgan fingerprint density at radius 1 is 1.00 bits per heavy atom. The Bertz CT molecular complexity index is 700. The van der Waals surface area contributed by atoms with Crippen molar-refractivity contribution in [1.82, 2.24) is 0 Å². The first-order chi connectivity index (χ1) is 11.6. The van der Waals surface area contributed by atoms with Crippen LogP contribution >= 0.6 is 0 Å². The summed E-state index contributed by atoms with van der Waals surface area (Å²) in [6, 6.07) is 14.2. The van der Waals surface area contributed by atoms with Crippen LogP contribution < -0.4 is 10.2 Å². The summed E-state index contributed by atoms with van der Waals surface area (Å²) >= 11 is 0. The van der Waals surface area contributed by atoms with Crippen molar-refractivity contribution in [3.8, 4) is 0 Å². The number of aryl methyl sites for hydroxylation is 2. The van der Waals surface area contributed by atoms with E-state index in [1.165, 1.54) is 43.5 Å². The molecule has 2 N–H and O–H groups in total. The smallest absolute Gasteiger partial charge is 0.255 e. The molecule has 0 saturated carbocycles. The number of hydrogen-bond donors (Lipinski definition) is 2. The Labute approximate surface area is 144 Å². The third kappa shape index (κ3) is 4.24. The SMILES string of the molecule is Cc1ccc(C(=O)Nc2ccc(C[NH+]3CCCCC3)cc2)c(C)c1. The van der Waals surface area contributed by atoms with Crippen LogP contribution in [-0.2, 0) is 6.54 Å². The van der Waals surface area contributed by atoms with E-state index in [2.05, 4.69) is 17.4 Å². The van der Waals surface area contributed by atoms with Crippen LogP contribution in [0, 0.1) is 13.8 Å². The van der Waals surface area contributed by atoms with Gasteiger partial charge in [-0.2, -0.15) is 0 Å². The maximum absolute atomic E-state index is 12.4. The van der Waals surface area contributed by atoms with Crippen molar-refractivity contribution in [2.45, 2.75) is 39.7 Å². The van der Waals surface area contributed by atoms with Gasteiger partial charge in [0.25, 0.3) is 5.91 Å². The second-order valence-electron chi connectivity index (χ2n) is 6.96. The number of amides is 1. The van der Waals surface area contributed by atoms with Crippen LogP contribution in [0.4, 0.5) is 5.69 Å². The molecule has 1 aliphatic rings. The monoisotopic (exact) mass is 323 g/mol. The summed E-state index contributed by atoms with van der Waals surface area (Å²) in [6.07, 6.45) is 4.08. The van der Waals surface area contributed by atoms with Crippen molar-refractivity contribution in [1.29, 1.82) is 0 Å². The molecule has 2 aromatic carbocycles. The van der Waals surface area contributed by atoms with Crippen molar-refractivity contribution in [3.63, 3.8) is 0 Å². The fourth-order valence-corrected chi connectivity index (χ4v) is 3.49. The van der Waals surface area contributed by atoms with Crippen LogP contribution in [0.15, 0.2) is 42.5 Å². The lowest BCUT2D eigenvalue weighted by molar-refractivity contribution is -0.918. The standard InChI is InChI=1S/C21H26N2O/c1-16-6-11-20(17(2)14-16)21(24)22-19-9-7-18(8-10-19)15-23-12-4-3-5-13-23/h6-11,14H,3-5,12-13,15H2,1-2H3,(H,22,24)/p+1. The lowest BCUT2D eigenvalue weighted by atomic mass is 10.0. The molecule has 0 spiro atoms. The van der Waals surface area contributed by atoms with Crippen LogP contribution in [0.5, 0.6) is 0 Å². The molecule has 3 nitrogen and oxygen atoms in total. The first kappa shape index (κ1) is 16.7. The summed E-state index contributed by atoms with van der Waals surface area (Å²) in [5.41, 5.74) is 5.13. The maximum Gasteiger partial charge on any atom is 0.255 e. The molecule has 1 aliphatic heterocycles. The molecule has 3 heteroatoms. The highest BCUT2D eigenvalue weighted by molar-refractivity contribution is 6.05. The van der Waals surface area contributed by atoms with Gasteiger partial charge in [0.1, 0.15) is 6.54 Å². The molecular weight excluding hydrogens is 296 g/mol. The number of quaternary nitrogens is 1. The molecule has 24 heavy (non-hydrogen) atoms. The zero-order chi connectivity index (χ0) is 16.9. The molecule has 1 amide bonds. The van der Waals surface area contributed by atoms with E-state index in [9.17, 15) is 4.79 Å². The van der Waals surface area contributed by atoms with Crippen molar-refractivity contribution in [2.24, 2.45) is 0 Å². The topological polar surface area (TPSA) is 33.5 Å². The largest absolute Gasteiger partial charge is 0.331 e. The molecule has 0 bridgehead atoms. The Kier molecular flexibility index (Phi) is 5.31. The summed E-state index contributed by atoms with van der Waals surface area (Å²) in [5.74, 6) is -0.0399. The molecule has 3 rings (SSSR count). The van der Waals surface area contributed by atoms with Gasteiger partial charge in [-0.25, -0.2) is 0 Å². The van der Waals surface area contributed by atoms with Crippen molar-refractivity contribution in [2.75, 3.05) is 18.4 Å². The Hall–Kier alpha value is -2.13. The zero-order valence-electron chi connectivity index (χ0n) is 14.7. The average Bonchev–Trinajstić information content (AvgIpc) is 2.57. The quantitative estimate of drug-likeness (QED) is 0.890. The molecule has 0 atom stereocenters. The van der Waals surface area contributed by atoms with Gasteiger partial charge >= 0.3 is 0 Å². The number of hydrogen-bond acceptors (Lipinski definition) is 1. The van der Waals surface area contributed by atoms with Gasteiger partial charge in [-0.15, -0.1) is 0 Å². The van der Waals surface area contributed by atoms with E-state index < -0.39 is 0 Å². The van der Waals surface area contributed by atoms with Crippen LogP contribution in [0.25, 0.3) is 0 Å². The minimum Gasteiger partial charge on any atom is -0.331 e. The molecule has 0 aromatic heterocycles. The van der Waals surface area contributed by atoms with Gasteiger partial charge < -0.3 is 10.2 Å². The summed E-state index contributed by atoms with van der Waals surface area (Å²) in [5, 5.41) is 3.00. The number of piperidine rings is 1. The molecule has 2 aromatic rings. The maximum atomic E-state index is 12.4. The van der Waals surface area contributed by atoms with Crippen LogP contribution in [0.2, 0.25) is 0 Å². The molecular formula is C21H27N2O+. The van der Waals surface area contributed by atoms with Crippen molar-refractivity contribution < 1.29 is 9.69 Å². The van der Waals surface area contributed by atoms with E-state index in [1.807, 2.05) is 44.2 Å². The Morgan fingerprint density at radius 3 is 2.38 bits per heavy atom. The minimum atomic E-state index is -0.0399. The highest BCUT2D eigenvalue weighted by atomic mass is 16.1. The predicted octanol–water partition coefficient (Wildman–Crippen LogP) is 3.12. The van der Waals surface area contributed by atoms with Crippen LogP contribution in [-0.4, -0.2) is 19.0 Å². The number of carbonyl (C=O) groups is 1. The molecule has 0 radical (unpaired) electrons. The second kappa shape index (κ2) is 7.63. The highest BCUT2D eigenvalue weighted by Crippen LogP contribution is 2.15. The van der Waals surface area contributed by atoms with E-state index in [-0.39, 0.29) is 5.91 Å². The molecule has 0 unspecified atom stereocenters. The van der Waals surface area contributed by atoms with Gasteiger partial charge in [-0.1, -0.05) is 29.8 Å². The lowest BCUT2D eigenvalue weighted by Crippen LogP contribution is -3.11. The van der Waals surface area contributed by atoms with Gasteiger partial charge in [0.05, 0.1) is 13.1 Å². The molecule has 0 aliphatic carbocycles. The van der Waals surface area contributed by atoms with Crippen LogP contribution in [0.3, 0.4) is 0 Å². The number of anilines is 1. The number of benzene rings is 2. The Morgan fingerprint density at radius 2 is 1.71 bits per heavy atom. The number of nitrogens with one attached hydrogen (secondary N) is 2. The summed E-state index contributed by atoms with van der Waals surface area (Å²) < 4.78 is 0. The minimum absolute atomic E-state index is 0.0399. The number of rotatable bonds is 4. The average molecular weight is 323 g/mol. The summed E-state index contributed by atoms with van der Waals surface area (Å²) in [4.78, 5) is 14.1. The second-order valence-corrected chi connectivity index (χ2v) is 6.96. The fraction of sp³-hybridized carbons (Fsp3) is 0.381. The van der Waals surface area contributed by atoms with Crippen molar-refractivity contribution >= 4 is 11.6 Å². The van der Waals surface area contributed by atoms with E-state index in [0.29, 0.717) is 0 Å². The number of carbonyl (C=O) groups excluding carboxylic acids is 1. The molecule has 126 valence electrons. The summed E-state index contributed by atoms with van der Waals surface area (Å²) in [7, 11) is 0. The highest BCUT2D eigenvalue weighted by Gasteiger charge is 2.14. The van der Waals surface area contributed by atoms with Gasteiger partial charge in [-0.3, -0.25) is 4.79 Å². The first-order valence-corrected chi connectivity index (χ1v) is 8.93. The third-order valence-electron chi connectivity index (χ3n) is 4.85. The molecule has 1 heterocycles. The summed E-state index contributed by atoms with van der Waals surface area (Å²) in [6.45, 7) is 7.67. The van der Waals surface area contributed by atoms with E-state index in [1.54, 1.807) is 4.90 Å². The van der Waals surface area contributed by atoms with E-state index >= 15 is 0 Å². The van der Waals surface area contributed by atoms with Gasteiger partial charge in [-0.05, 0) is 56.9 Å².